The van der Waals surface area contributed by atoms with Gasteiger partial charge < -0.3 is 0 Å². The molecule has 14 heavy (non-hydrogen) atoms. The van der Waals surface area contributed by atoms with Crippen molar-refractivity contribution in [3.05, 3.63) is 11.1 Å². The van der Waals surface area contributed by atoms with Crippen LogP contribution in [0.1, 0.15) is 50.4 Å². The minimum Gasteiger partial charge on any atom is -0.298 e. The number of aromatic nitrogens is 3. The first-order valence-corrected chi connectivity index (χ1v) is 5.75. The van der Waals surface area contributed by atoms with E-state index in [1.54, 1.807) is 0 Å². The maximum absolute atomic E-state index is 6.08. The Morgan fingerprint density at radius 2 is 2.00 bits per heavy atom. The first-order chi connectivity index (χ1) is 6.77. The Labute approximate surface area is 88.5 Å². The second-order valence-electron chi connectivity index (χ2n) is 4.59. The predicted octanol–water partition coefficient (Wildman–Crippen LogP) is 2.78. The zero-order chi connectivity index (χ0) is 9.71. The Bertz CT molecular complexity index is 356. The van der Waals surface area contributed by atoms with Gasteiger partial charge in [-0.05, 0) is 43.2 Å². The lowest BCUT2D eigenvalue weighted by atomic mass is 9.81. The van der Waals surface area contributed by atoms with Gasteiger partial charge in [0.2, 0.25) is 5.28 Å². The zero-order valence-corrected chi connectivity index (χ0v) is 9.04. The van der Waals surface area contributed by atoms with Crippen LogP contribution in [0.5, 0.6) is 0 Å². The van der Waals surface area contributed by atoms with Gasteiger partial charge in [-0.1, -0.05) is 6.92 Å². The van der Waals surface area contributed by atoms with Gasteiger partial charge in [-0.15, -0.1) is 10.2 Å². The molecule has 2 saturated carbocycles. The summed E-state index contributed by atoms with van der Waals surface area (Å²) in [5, 5.41) is 8.78. The largest absolute Gasteiger partial charge is 0.298 e. The number of rotatable bonds is 2. The molecule has 0 N–H and O–H groups in total. The molecule has 1 aromatic rings. The Morgan fingerprint density at radius 1 is 1.21 bits per heavy atom. The third-order valence-electron chi connectivity index (χ3n) is 3.53. The van der Waals surface area contributed by atoms with Crippen LogP contribution < -0.4 is 0 Å². The van der Waals surface area contributed by atoms with E-state index in [1.807, 2.05) is 0 Å². The summed E-state index contributed by atoms with van der Waals surface area (Å²) in [5.41, 5.74) is 0. The molecule has 0 aliphatic heterocycles. The van der Waals surface area contributed by atoms with E-state index < -0.39 is 0 Å². The number of hydrogen-bond donors (Lipinski definition) is 0. The van der Waals surface area contributed by atoms with Crippen molar-refractivity contribution in [3.8, 4) is 0 Å². The minimum atomic E-state index is 0.563. The van der Waals surface area contributed by atoms with E-state index in [2.05, 4.69) is 21.7 Å². The molecule has 2 atom stereocenters. The molecule has 0 radical (unpaired) electrons. The molecular weight excluding hydrogens is 198 g/mol. The van der Waals surface area contributed by atoms with E-state index in [1.165, 1.54) is 25.7 Å². The molecule has 2 unspecified atom stereocenters. The summed E-state index contributed by atoms with van der Waals surface area (Å²) in [7, 11) is 0. The highest BCUT2D eigenvalue weighted by Crippen LogP contribution is 2.45. The lowest BCUT2D eigenvalue weighted by Gasteiger charge is -2.35. The second kappa shape index (κ2) is 2.96. The molecule has 2 aliphatic rings. The Hall–Kier alpha value is -0.570. The topological polar surface area (TPSA) is 30.7 Å². The van der Waals surface area contributed by atoms with Crippen molar-refractivity contribution in [1.29, 1.82) is 0 Å². The van der Waals surface area contributed by atoms with Gasteiger partial charge in [-0.3, -0.25) is 4.57 Å². The second-order valence-corrected chi connectivity index (χ2v) is 4.93. The molecule has 0 aromatic carbocycles. The monoisotopic (exact) mass is 211 g/mol. The van der Waals surface area contributed by atoms with Crippen LogP contribution in [-0.4, -0.2) is 14.8 Å². The third kappa shape index (κ3) is 1.18. The summed E-state index contributed by atoms with van der Waals surface area (Å²) in [6.07, 6.45) is 5.06. The van der Waals surface area contributed by atoms with E-state index in [9.17, 15) is 0 Å². The molecule has 0 amide bonds. The van der Waals surface area contributed by atoms with Crippen LogP contribution in [0.25, 0.3) is 0 Å². The molecular formula is C10H14ClN3. The Kier molecular flexibility index (Phi) is 1.84. The average Bonchev–Trinajstić information content (AvgIpc) is 2.93. The molecule has 0 saturated heterocycles. The molecule has 0 bridgehead atoms. The van der Waals surface area contributed by atoms with Crippen LogP contribution in [0.2, 0.25) is 5.28 Å². The van der Waals surface area contributed by atoms with Crippen molar-refractivity contribution in [1.82, 2.24) is 14.8 Å². The molecule has 3 nitrogen and oxygen atoms in total. The van der Waals surface area contributed by atoms with Gasteiger partial charge in [-0.2, -0.15) is 0 Å². The van der Waals surface area contributed by atoms with Gasteiger partial charge in [0, 0.05) is 12.0 Å². The molecule has 2 fully saturated rings. The summed E-state index contributed by atoms with van der Waals surface area (Å²) in [6, 6.07) is 0.563. The summed E-state index contributed by atoms with van der Waals surface area (Å²) >= 11 is 6.08. The van der Waals surface area contributed by atoms with Crippen LogP contribution in [0.15, 0.2) is 0 Å². The fraction of sp³-hybridized carbons (Fsp3) is 0.800. The minimum absolute atomic E-state index is 0.563. The number of halogens is 1. The van der Waals surface area contributed by atoms with Gasteiger partial charge >= 0.3 is 0 Å². The highest BCUT2D eigenvalue weighted by molar-refractivity contribution is 6.28. The molecule has 1 heterocycles. The molecule has 2 aliphatic carbocycles. The molecule has 4 heteroatoms. The zero-order valence-electron chi connectivity index (χ0n) is 8.28. The average molecular weight is 212 g/mol. The van der Waals surface area contributed by atoms with Crippen LogP contribution >= 0.6 is 11.6 Å². The maximum atomic E-state index is 6.08. The molecule has 0 spiro atoms. The Balaban J connectivity index is 1.97. The van der Waals surface area contributed by atoms with E-state index in [4.69, 9.17) is 11.6 Å². The van der Waals surface area contributed by atoms with E-state index >= 15 is 0 Å². The summed E-state index contributed by atoms with van der Waals surface area (Å²) < 4.78 is 2.17. The first-order valence-electron chi connectivity index (χ1n) is 5.37. The standard InChI is InChI=1S/C10H14ClN3/c1-6-2-5-8(6)14-9(7-3-4-7)12-13-10(14)11/h6-8H,2-5H2,1H3. The highest BCUT2D eigenvalue weighted by Gasteiger charge is 2.37. The van der Waals surface area contributed by atoms with Crippen molar-refractivity contribution in [2.24, 2.45) is 5.92 Å². The van der Waals surface area contributed by atoms with Gasteiger partial charge in [0.25, 0.3) is 0 Å². The van der Waals surface area contributed by atoms with Crippen molar-refractivity contribution in [3.63, 3.8) is 0 Å². The van der Waals surface area contributed by atoms with Crippen molar-refractivity contribution < 1.29 is 0 Å². The SMILES string of the molecule is CC1CCC1n1c(Cl)nnc1C1CC1. The normalized spacial score (nSPS) is 31.6. The van der Waals surface area contributed by atoms with Crippen molar-refractivity contribution >= 4 is 11.6 Å². The maximum Gasteiger partial charge on any atom is 0.225 e. The fourth-order valence-corrected chi connectivity index (χ4v) is 2.49. The summed E-state index contributed by atoms with van der Waals surface area (Å²) in [5.74, 6) is 2.51. The Morgan fingerprint density at radius 3 is 2.50 bits per heavy atom. The number of hydrogen-bond acceptors (Lipinski definition) is 2. The van der Waals surface area contributed by atoms with Crippen LogP contribution in [0, 0.1) is 5.92 Å². The lowest BCUT2D eigenvalue weighted by molar-refractivity contribution is 0.197. The van der Waals surface area contributed by atoms with Crippen LogP contribution in [0.4, 0.5) is 0 Å². The van der Waals surface area contributed by atoms with E-state index in [0.717, 1.165) is 11.7 Å². The van der Waals surface area contributed by atoms with Gasteiger partial charge in [0.05, 0.1) is 0 Å². The first kappa shape index (κ1) is 8.72. The fourth-order valence-electron chi connectivity index (χ4n) is 2.24. The van der Waals surface area contributed by atoms with Gasteiger partial charge in [-0.25, -0.2) is 0 Å². The lowest BCUT2D eigenvalue weighted by Crippen LogP contribution is -2.28. The number of nitrogens with zero attached hydrogens (tertiary/aromatic N) is 3. The van der Waals surface area contributed by atoms with Crippen LogP contribution in [0.3, 0.4) is 0 Å². The van der Waals surface area contributed by atoms with E-state index in [0.29, 0.717) is 17.2 Å². The quantitative estimate of drug-likeness (QED) is 0.753. The predicted molar refractivity (Wildman–Crippen MR) is 54.4 cm³/mol. The van der Waals surface area contributed by atoms with Gasteiger partial charge in [0.15, 0.2) is 0 Å². The van der Waals surface area contributed by atoms with Crippen molar-refractivity contribution in [2.75, 3.05) is 0 Å². The highest BCUT2D eigenvalue weighted by atomic mass is 35.5. The van der Waals surface area contributed by atoms with Gasteiger partial charge in [0.1, 0.15) is 5.82 Å². The molecule has 1 aromatic heterocycles. The third-order valence-corrected chi connectivity index (χ3v) is 3.79. The summed E-state index contributed by atoms with van der Waals surface area (Å²) in [6.45, 7) is 2.28. The summed E-state index contributed by atoms with van der Waals surface area (Å²) in [4.78, 5) is 0. The van der Waals surface area contributed by atoms with Crippen LogP contribution in [-0.2, 0) is 0 Å². The molecule has 3 rings (SSSR count). The van der Waals surface area contributed by atoms with Crippen molar-refractivity contribution in [2.45, 2.75) is 44.6 Å². The smallest absolute Gasteiger partial charge is 0.225 e. The van der Waals surface area contributed by atoms with E-state index in [-0.39, 0.29) is 0 Å². The molecule has 76 valence electrons.